The molecule has 0 heterocycles. The molecule has 0 bridgehead atoms. The molecule has 1 aromatic rings. The third-order valence-electron chi connectivity index (χ3n) is 4.28. The van der Waals surface area contributed by atoms with Gasteiger partial charge in [-0.05, 0) is 13.3 Å². The van der Waals surface area contributed by atoms with E-state index in [9.17, 15) is 27.9 Å². The van der Waals surface area contributed by atoms with Crippen molar-refractivity contribution >= 4 is 28.1 Å². The standard InChI is InChI=1S/C21H31NO10S/c1-5-29-20(26)32-19(16-10-7-6-8-11-16)31-18(25)17(24)21(3,4)14-30-33(27,28)13-9-12-22-15(2)23/h6-8,10-11,17,19,24H,5,9,12-14H2,1-4H3,(H,22,23)/t17-,19?/m0/s1. The van der Waals surface area contributed by atoms with E-state index < -0.39 is 46.7 Å². The van der Waals surface area contributed by atoms with Gasteiger partial charge in [0.05, 0.1) is 19.0 Å². The molecule has 2 atom stereocenters. The molecule has 0 fully saturated rings. The second-order valence-corrected chi connectivity index (χ2v) is 9.49. The summed E-state index contributed by atoms with van der Waals surface area (Å²) in [5, 5.41) is 13.0. The number of benzene rings is 1. The lowest BCUT2D eigenvalue weighted by atomic mass is 9.87. The van der Waals surface area contributed by atoms with Crippen molar-refractivity contribution in [3.05, 3.63) is 35.9 Å². The van der Waals surface area contributed by atoms with Gasteiger partial charge >= 0.3 is 12.1 Å². The van der Waals surface area contributed by atoms with Gasteiger partial charge in [0.25, 0.3) is 16.4 Å². The first-order chi connectivity index (χ1) is 15.4. The Morgan fingerprint density at radius 2 is 1.76 bits per heavy atom. The van der Waals surface area contributed by atoms with E-state index in [0.29, 0.717) is 5.56 Å². The summed E-state index contributed by atoms with van der Waals surface area (Å²) in [6.45, 7) is 5.41. The molecule has 11 nitrogen and oxygen atoms in total. The van der Waals surface area contributed by atoms with Crippen LogP contribution < -0.4 is 5.32 Å². The molecule has 12 heteroatoms. The molecule has 1 rings (SSSR count). The van der Waals surface area contributed by atoms with Crippen LogP contribution >= 0.6 is 0 Å². The van der Waals surface area contributed by atoms with E-state index in [2.05, 4.69) is 5.32 Å². The van der Waals surface area contributed by atoms with Crippen molar-refractivity contribution in [3.63, 3.8) is 0 Å². The highest BCUT2D eigenvalue weighted by Crippen LogP contribution is 2.27. The molecule has 0 saturated carbocycles. The van der Waals surface area contributed by atoms with Crippen molar-refractivity contribution in [2.24, 2.45) is 5.41 Å². The van der Waals surface area contributed by atoms with Gasteiger partial charge in [0.2, 0.25) is 5.91 Å². The Morgan fingerprint density at radius 3 is 2.33 bits per heavy atom. The smallest absolute Gasteiger partial charge is 0.434 e. The fourth-order valence-corrected chi connectivity index (χ4v) is 3.49. The number of carbonyl (C=O) groups is 3. The van der Waals surface area contributed by atoms with Crippen LogP contribution in [0.4, 0.5) is 4.79 Å². The number of rotatable bonds is 13. The Bertz CT molecular complexity index is 886. The molecule has 1 unspecified atom stereocenters. The Labute approximate surface area is 193 Å². The highest BCUT2D eigenvalue weighted by atomic mass is 32.2. The average Bonchev–Trinajstić information content (AvgIpc) is 2.75. The molecular formula is C21H31NO10S. The van der Waals surface area contributed by atoms with Crippen molar-refractivity contribution < 1.29 is 46.3 Å². The zero-order valence-corrected chi connectivity index (χ0v) is 19.9. The molecule has 0 spiro atoms. The molecule has 0 saturated heterocycles. The first-order valence-corrected chi connectivity index (χ1v) is 11.8. The van der Waals surface area contributed by atoms with E-state index in [-0.39, 0.29) is 31.2 Å². The number of aliphatic hydroxyl groups excluding tert-OH is 1. The van der Waals surface area contributed by atoms with Crippen molar-refractivity contribution in [1.29, 1.82) is 0 Å². The first-order valence-electron chi connectivity index (χ1n) is 10.3. The lowest BCUT2D eigenvalue weighted by Gasteiger charge is -2.29. The number of nitrogens with one attached hydrogen (secondary N) is 1. The van der Waals surface area contributed by atoms with Gasteiger partial charge in [-0.15, -0.1) is 0 Å². The maximum Gasteiger partial charge on any atom is 0.511 e. The number of esters is 1. The minimum absolute atomic E-state index is 0.0422. The van der Waals surface area contributed by atoms with Crippen LogP contribution in [0, 0.1) is 5.41 Å². The molecule has 2 N–H and O–H groups in total. The van der Waals surface area contributed by atoms with Crippen molar-refractivity contribution in [2.75, 3.05) is 25.5 Å². The van der Waals surface area contributed by atoms with Gasteiger partial charge in [0.1, 0.15) is 0 Å². The van der Waals surface area contributed by atoms with Crippen LogP contribution in [0.15, 0.2) is 30.3 Å². The number of ether oxygens (including phenoxy) is 3. The Hall–Kier alpha value is -2.70. The maximum absolute atomic E-state index is 12.6. The van der Waals surface area contributed by atoms with Gasteiger partial charge in [0, 0.05) is 24.4 Å². The highest BCUT2D eigenvalue weighted by molar-refractivity contribution is 7.86. The molecule has 186 valence electrons. The number of hydrogen-bond donors (Lipinski definition) is 2. The summed E-state index contributed by atoms with van der Waals surface area (Å²) in [6.07, 6.45) is -4.22. The molecule has 1 aromatic carbocycles. The van der Waals surface area contributed by atoms with Crippen LogP contribution in [-0.4, -0.2) is 63.2 Å². The van der Waals surface area contributed by atoms with Crippen LogP contribution in [0.25, 0.3) is 0 Å². The predicted molar refractivity (Wildman–Crippen MR) is 116 cm³/mol. The normalized spacial score (nSPS) is 13.5. The average molecular weight is 490 g/mol. The summed E-state index contributed by atoms with van der Waals surface area (Å²) < 4.78 is 44.0. The summed E-state index contributed by atoms with van der Waals surface area (Å²) >= 11 is 0. The highest BCUT2D eigenvalue weighted by Gasteiger charge is 2.38. The second-order valence-electron chi connectivity index (χ2n) is 7.73. The van der Waals surface area contributed by atoms with Crippen molar-refractivity contribution in [1.82, 2.24) is 5.32 Å². The summed E-state index contributed by atoms with van der Waals surface area (Å²) in [5.74, 6) is -1.78. The number of hydrogen-bond acceptors (Lipinski definition) is 10. The number of carbonyl (C=O) groups excluding carboxylic acids is 3. The molecule has 0 radical (unpaired) electrons. The third kappa shape index (κ3) is 10.6. The van der Waals surface area contributed by atoms with Gasteiger partial charge in [-0.1, -0.05) is 44.2 Å². The fraction of sp³-hybridized carbons (Fsp3) is 0.571. The molecule has 1 amide bonds. The topological polar surface area (TPSA) is 155 Å². The summed E-state index contributed by atoms with van der Waals surface area (Å²) in [7, 11) is -3.96. The Morgan fingerprint density at radius 1 is 1.12 bits per heavy atom. The first kappa shape index (κ1) is 28.3. The Kier molecular flexibility index (Phi) is 11.3. The van der Waals surface area contributed by atoms with Crippen LogP contribution in [0.1, 0.15) is 46.0 Å². The Balaban J connectivity index is 2.76. The minimum Gasteiger partial charge on any atom is -0.434 e. The fourth-order valence-electron chi connectivity index (χ4n) is 2.39. The molecule has 0 aliphatic heterocycles. The van der Waals surface area contributed by atoms with E-state index in [1.165, 1.54) is 20.8 Å². The van der Waals surface area contributed by atoms with Gasteiger partial charge < -0.3 is 24.6 Å². The van der Waals surface area contributed by atoms with Crippen LogP contribution in [-0.2, 0) is 38.1 Å². The minimum atomic E-state index is -3.96. The van der Waals surface area contributed by atoms with Gasteiger partial charge in [-0.25, -0.2) is 9.59 Å². The summed E-state index contributed by atoms with van der Waals surface area (Å²) in [5.41, 5.74) is -1.05. The lowest BCUT2D eigenvalue weighted by Crippen LogP contribution is -2.42. The van der Waals surface area contributed by atoms with E-state index in [1.54, 1.807) is 37.3 Å². The van der Waals surface area contributed by atoms with E-state index >= 15 is 0 Å². The van der Waals surface area contributed by atoms with E-state index in [1.807, 2.05) is 0 Å². The molecular weight excluding hydrogens is 458 g/mol. The summed E-state index contributed by atoms with van der Waals surface area (Å²) in [6, 6.07) is 8.07. The van der Waals surface area contributed by atoms with Gasteiger partial charge in [-0.2, -0.15) is 8.42 Å². The number of aliphatic hydroxyl groups is 1. The molecule has 33 heavy (non-hydrogen) atoms. The van der Waals surface area contributed by atoms with E-state index in [0.717, 1.165) is 0 Å². The molecule has 0 aromatic heterocycles. The largest absolute Gasteiger partial charge is 0.511 e. The quantitative estimate of drug-likeness (QED) is 0.181. The van der Waals surface area contributed by atoms with Crippen molar-refractivity contribution in [2.45, 2.75) is 46.5 Å². The predicted octanol–water partition coefficient (Wildman–Crippen LogP) is 1.66. The summed E-state index contributed by atoms with van der Waals surface area (Å²) in [4.78, 5) is 35.1. The second kappa shape index (κ2) is 13.1. The maximum atomic E-state index is 12.6. The van der Waals surface area contributed by atoms with Crippen LogP contribution in [0.2, 0.25) is 0 Å². The zero-order chi connectivity index (χ0) is 25.1. The zero-order valence-electron chi connectivity index (χ0n) is 19.1. The van der Waals surface area contributed by atoms with Crippen LogP contribution in [0.5, 0.6) is 0 Å². The van der Waals surface area contributed by atoms with Crippen molar-refractivity contribution in [3.8, 4) is 0 Å². The van der Waals surface area contributed by atoms with Gasteiger partial charge in [-0.3, -0.25) is 8.98 Å². The van der Waals surface area contributed by atoms with E-state index in [4.69, 9.17) is 18.4 Å². The number of amides is 1. The molecule has 0 aliphatic rings. The third-order valence-corrected chi connectivity index (χ3v) is 5.55. The monoisotopic (exact) mass is 489 g/mol. The SMILES string of the molecule is CCOC(=O)OC(OC(=O)[C@H](O)C(C)(C)COS(=O)(=O)CCCNC(C)=O)c1ccccc1. The van der Waals surface area contributed by atoms with Crippen LogP contribution in [0.3, 0.4) is 0 Å². The lowest BCUT2D eigenvalue weighted by molar-refractivity contribution is -0.189. The molecule has 0 aliphatic carbocycles. The van der Waals surface area contributed by atoms with Gasteiger partial charge in [0.15, 0.2) is 6.10 Å².